The first-order valence-electron chi connectivity index (χ1n) is 11.9. The predicted molar refractivity (Wildman–Crippen MR) is 107 cm³/mol. The van der Waals surface area contributed by atoms with E-state index in [-0.39, 0.29) is 0 Å². The Morgan fingerprint density at radius 2 is 1.28 bits per heavy atom. The zero-order valence-electron chi connectivity index (χ0n) is 16.6. The maximum absolute atomic E-state index is 3.99. The Bertz CT molecular complexity index is 450. The van der Waals surface area contributed by atoms with Crippen LogP contribution < -0.4 is 0 Å². The lowest BCUT2D eigenvalue weighted by molar-refractivity contribution is 0.0159. The molecule has 0 aliphatic heterocycles. The van der Waals surface area contributed by atoms with Crippen LogP contribution in [0.2, 0.25) is 0 Å². The van der Waals surface area contributed by atoms with E-state index in [4.69, 9.17) is 0 Å². The van der Waals surface area contributed by atoms with Gasteiger partial charge in [0.05, 0.1) is 0 Å². The van der Waals surface area contributed by atoms with Gasteiger partial charge in [-0.2, -0.15) is 0 Å². The number of rotatable bonds is 2. The van der Waals surface area contributed by atoms with E-state index in [1.165, 1.54) is 89.9 Å². The Balaban J connectivity index is 1.43. The quantitative estimate of drug-likeness (QED) is 0.465. The van der Waals surface area contributed by atoms with Crippen LogP contribution in [0.5, 0.6) is 0 Å². The van der Waals surface area contributed by atoms with Crippen LogP contribution in [0.3, 0.4) is 0 Å². The minimum absolute atomic E-state index is 0.735. The summed E-state index contributed by atoms with van der Waals surface area (Å²) in [7, 11) is 0. The molecule has 140 valence electrons. The largest absolute Gasteiger partial charge is 0.0996 e. The van der Waals surface area contributed by atoms with E-state index in [9.17, 15) is 0 Å². The van der Waals surface area contributed by atoms with E-state index < -0.39 is 0 Å². The van der Waals surface area contributed by atoms with Gasteiger partial charge in [-0.15, -0.1) is 0 Å². The molecule has 0 heterocycles. The highest BCUT2D eigenvalue weighted by molar-refractivity contribution is 5.14. The molecule has 0 bridgehead atoms. The second-order valence-corrected chi connectivity index (χ2v) is 9.97. The smallest absolute Gasteiger partial charge is 0.0264 e. The molecule has 4 rings (SSSR count). The van der Waals surface area contributed by atoms with Crippen molar-refractivity contribution in [1.29, 1.82) is 0 Å². The fraction of sp³-hybridized carbons (Fsp3) is 0.920. The van der Waals surface area contributed by atoms with E-state index in [1.54, 1.807) is 6.42 Å². The van der Waals surface area contributed by atoms with Gasteiger partial charge in [-0.3, -0.25) is 0 Å². The van der Waals surface area contributed by atoms with Crippen LogP contribution in [0.4, 0.5) is 0 Å². The Labute approximate surface area is 156 Å². The number of hydrogen-bond donors (Lipinski definition) is 0. The topological polar surface area (TPSA) is 0 Å². The van der Waals surface area contributed by atoms with Crippen LogP contribution in [0.1, 0.15) is 103 Å². The third kappa shape index (κ3) is 4.12. The third-order valence-corrected chi connectivity index (χ3v) is 8.46. The average molecular weight is 341 g/mol. The molecule has 25 heavy (non-hydrogen) atoms. The molecule has 0 spiro atoms. The Hall–Kier alpha value is -0.440. The van der Waals surface area contributed by atoms with E-state index in [1.807, 2.05) is 0 Å². The van der Waals surface area contributed by atoms with Crippen LogP contribution in [0, 0.1) is 53.3 Å². The summed E-state index contributed by atoms with van der Waals surface area (Å²) in [5.41, 5.74) is 0. The van der Waals surface area contributed by atoms with E-state index >= 15 is 0 Å². The second kappa shape index (κ2) is 8.50. The summed E-state index contributed by atoms with van der Waals surface area (Å²) in [6, 6.07) is 0. The summed E-state index contributed by atoms with van der Waals surface area (Å²) in [5.74, 6) is 14.4. The van der Waals surface area contributed by atoms with Crippen molar-refractivity contribution in [3.8, 4) is 11.8 Å². The average Bonchev–Trinajstić information content (AvgIpc) is 2.66. The van der Waals surface area contributed by atoms with Crippen LogP contribution >= 0.6 is 0 Å². The molecule has 4 aliphatic rings. The first-order chi connectivity index (χ1) is 12.3. The van der Waals surface area contributed by atoms with Crippen molar-refractivity contribution in [1.82, 2.24) is 0 Å². The molecule has 0 aromatic carbocycles. The standard InChI is InChI=1S/C25H40/c1-2-7-19-12-14-20(15-13-19)16-17-25-23-10-5-3-8-21(23)18-22-9-4-6-11-24(22)25/h19-25H,2-15,18H2,1H3. The van der Waals surface area contributed by atoms with Gasteiger partial charge in [-0.25, -0.2) is 0 Å². The molecule has 4 aliphatic carbocycles. The van der Waals surface area contributed by atoms with Crippen LogP contribution in [0.25, 0.3) is 0 Å². The molecule has 0 heteroatoms. The Morgan fingerprint density at radius 1 is 0.680 bits per heavy atom. The maximum Gasteiger partial charge on any atom is 0.0264 e. The van der Waals surface area contributed by atoms with Gasteiger partial charge in [0.25, 0.3) is 0 Å². The number of hydrogen-bond acceptors (Lipinski definition) is 0. The molecule has 4 unspecified atom stereocenters. The van der Waals surface area contributed by atoms with Crippen molar-refractivity contribution in [2.45, 2.75) is 103 Å². The molecule has 0 nitrogen and oxygen atoms in total. The first-order valence-corrected chi connectivity index (χ1v) is 11.9. The second-order valence-electron chi connectivity index (χ2n) is 9.97. The summed E-state index contributed by atoms with van der Waals surface area (Å²) >= 11 is 0. The summed E-state index contributed by atoms with van der Waals surface area (Å²) in [6.45, 7) is 2.34. The van der Waals surface area contributed by atoms with Gasteiger partial charge in [0.15, 0.2) is 0 Å². The molecule has 4 saturated carbocycles. The van der Waals surface area contributed by atoms with Gasteiger partial charge in [-0.1, -0.05) is 70.1 Å². The highest BCUT2D eigenvalue weighted by Gasteiger charge is 2.45. The zero-order valence-corrected chi connectivity index (χ0v) is 16.6. The van der Waals surface area contributed by atoms with E-state index in [0.717, 1.165) is 41.4 Å². The fourth-order valence-corrected chi connectivity index (χ4v) is 7.14. The van der Waals surface area contributed by atoms with Gasteiger partial charge in [0.2, 0.25) is 0 Å². The van der Waals surface area contributed by atoms with Gasteiger partial charge in [0.1, 0.15) is 0 Å². The highest BCUT2D eigenvalue weighted by Crippen LogP contribution is 2.53. The summed E-state index contributed by atoms with van der Waals surface area (Å²) in [6.07, 6.45) is 22.1. The van der Waals surface area contributed by atoms with E-state index in [0.29, 0.717) is 0 Å². The van der Waals surface area contributed by atoms with Gasteiger partial charge in [-0.05, 0) is 74.5 Å². The minimum atomic E-state index is 0.735. The lowest BCUT2D eigenvalue weighted by atomic mass is 9.55. The first kappa shape index (κ1) is 17.9. The Kier molecular flexibility index (Phi) is 6.10. The van der Waals surface area contributed by atoms with Crippen molar-refractivity contribution >= 4 is 0 Å². The molecule has 4 fully saturated rings. The normalized spacial score (nSPS) is 44.1. The van der Waals surface area contributed by atoms with Crippen LogP contribution in [-0.2, 0) is 0 Å². The van der Waals surface area contributed by atoms with Crippen molar-refractivity contribution < 1.29 is 0 Å². The van der Waals surface area contributed by atoms with Crippen LogP contribution in [0.15, 0.2) is 0 Å². The highest BCUT2D eigenvalue weighted by atomic mass is 14.5. The molecular formula is C25H40. The maximum atomic E-state index is 3.99. The van der Waals surface area contributed by atoms with Crippen molar-refractivity contribution in [3.63, 3.8) is 0 Å². The minimum Gasteiger partial charge on any atom is -0.0996 e. The molecule has 0 aromatic heterocycles. The Morgan fingerprint density at radius 3 is 1.88 bits per heavy atom. The van der Waals surface area contributed by atoms with Gasteiger partial charge in [0, 0.05) is 11.8 Å². The molecule has 0 aromatic rings. The fourth-order valence-electron chi connectivity index (χ4n) is 7.14. The van der Waals surface area contributed by atoms with Crippen molar-refractivity contribution in [2.75, 3.05) is 0 Å². The monoisotopic (exact) mass is 340 g/mol. The lowest BCUT2D eigenvalue weighted by Crippen LogP contribution is -2.42. The summed E-state index contributed by atoms with van der Waals surface area (Å²) in [4.78, 5) is 0. The molecule has 0 saturated heterocycles. The number of fused-ring (bicyclic) bond motifs is 2. The van der Waals surface area contributed by atoms with E-state index in [2.05, 4.69) is 18.8 Å². The summed E-state index contributed by atoms with van der Waals surface area (Å²) in [5, 5.41) is 0. The van der Waals surface area contributed by atoms with Crippen molar-refractivity contribution in [3.05, 3.63) is 0 Å². The molecule has 0 amide bonds. The predicted octanol–water partition coefficient (Wildman–Crippen LogP) is 7.23. The van der Waals surface area contributed by atoms with Crippen LogP contribution in [-0.4, -0.2) is 0 Å². The molecule has 0 N–H and O–H groups in total. The lowest BCUT2D eigenvalue weighted by Gasteiger charge is -2.49. The SMILES string of the molecule is CCCC1CCC(C#CC2C3CCCCC3CC3CCCCC32)CC1. The van der Waals surface area contributed by atoms with Gasteiger partial charge >= 0.3 is 0 Å². The zero-order chi connectivity index (χ0) is 17.1. The molecule has 4 atom stereocenters. The third-order valence-electron chi connectivity index (χ3n) is 8.46. The van der Waals surface area contributed by atoms with Gasteiger partial charge < -0.3 is 0 Å². The summed E-state index contributed by atoms with van der Waals surface area (Å²) < 4.78 is 0. The molecular weight excluding hydrogens is 300 g/mol. The molecule has 0 radical (unpaired) electrons. The van der Waals surface area contributed by atoms with Crippen molar-refractivity contribution in [2.24, 2.45) is 41.4 Å².